The van der Waals surface area contributed by atoms with Crippen molar-refractivity contribution in [1.82, 2.24) is 0 Å². The molecular formula is C10H14N2O2. The highest BCUT2D eigenvalue weighted by atomic mass is 16.5. The minimum absolute atomic E-state index is 0.0477. The summed E-state index contributed by atoms with van der Waals surface area (Å²) in [6, 6.07) is 9.24. The van der Waals surface area contributed by atoms with E-state index >= 15 is 0 Å². The Hall–Kier alpha value is -1.39. The monoisotopic (exact) mass is 194 g/mol. The molecule has 0 aromatic heterocycles. The number of amides is 1. The Labute approximate surface area is 83.1 Å². The summed E-state index contributed by atoms with van der Waals surface area (Å²) >= 11 is 0. The molecule has 0 bridgehead atoms. The number of benzene rings is 1. The fourth-order valence-electron chi connectivity index (χ4n) is 0.967. The van der Waals surface area contributed by atoms with E-state index in [1.165, 1.54) is 0 Å². The molecule has 4 nitrogen and oxygen atoms in total. The summed E-state index contributed by atoms with van der Waals surface area (Å²) in [4.78, 5) is 11.2. The molecule has 0 aliphatic heterocycles. The molecule has 76 valence electrons. The molecule has 1 rings (SSSR count). The number of hydrogen-bond donors (Lipinski definition) is 2. The molecule has 0 aliphatic carbocycles. The Balaban J connectivity index is 2.27. The molecule has 4 heteroatoms. The van der Waals surface area contributed by atoms with Gasteiger partial charge in [-0.15, -0.1) is 0 Å². The molecule has 0 saturated carbocycles. The summed E-state index contributed by atoms with van der Waals surface area (Å²) in [5, 5.41) is 2.70. The van der Waals surface area contributed by atoms with Crippen molar-refractivity contribution in [1.29, 1.82) is 0 Å². The highest BCUT2D eigenvalue weighted by Crippen LogP contribution is 2.04. The highest BCUT2D eigenvalue weighted by Gasteiger charge is 2.00. The maximum atomic E-state index is 11.2. The third kappa shape index (κ3) is 4.02. The van der Waals surface area contributed by atoms with Crippen molar-refractivity contribution in [2.45, 2.75) is 0 Å². The Kier molecular flexibility index (Phi) is 4.68. The molecule has 14 heavy (non-hydrogen) atoms. The van der Waals surface area contributed by atoms with E-state index in [1.807, 2.05) is 30.3 Å². The van der Waals surface area contributed by atoms with Crippen molar-refractivity contribution in [2.24, 2.45) is 5.73 Å². The Morgan fingerprint density at radius 3 is 2.71 bits per heavy atom. The predicted molar refractivity (Wildman–Crippen MR) is 54.9 cm³/mol. The van der Waals surface area contributed by atoms with Gasteiger partial charge in [-0.05, 0) is 12.1 Å². The standard InChI is InChI=1S/C10H14N2O2/c11-6-7-14-8-10(13)12-9-4-2-1-3-5-9/h1-5H,6-8,11H2,(H,12,13). The Bertz CT molecular complexity index is 275. The van der Waals surface area contributed by atoms with Crippen molar-refractivity contribution >= 4 is 11.6 Å². The lowest BCUT2D eigenvalue weighted by atomic mass is 10.3. The van der Waals surface area contributed by atoms with E-state index in [0.717, 1.165) is 5.69 Å². The first kappa shape index (κ1) is 10.7. The third-order valence-corrected chi connectivity index (χ3v) is 1.55. The molecular weight excluding hydrogens is 180 g/mol. The minimum Gasteiger partial charge on any atom is -0.370 e. The molecule has 0 radical (unpaired) electrons. The number of para-hydroxylation sites is 1. The smallest absolute Gasteiger partial charge is 0.250 e. The lowest BCUT2D eigenvalue weighted by Gasteiger charge is -2.04. The van der Waals surface area contributed by atoms with Crippen molar-refractivity contribution in [3.05, 3.63) is 30.3 Å². The average Bonchev–Trinajstić information content (AvgIpc) is 2.20. The summed E-state index contributed by atoms with van der Waals surface area (Å²) in [5.41, 5.74) is 5.98. The van der Waals surface area contributed by atoms with Crippen LogP contribution in [-0.4, -0.2) is 25.7 Å². The van der Waals surface area contributed by atoms with Crippen molar-refractivity contribution < 1.29 is 9.53 Å². The van der Waals surface area contributed by atoms with Crippen LogP contribution in [-0.2, 0) is 9.53 Å². The quantitative estimate of drug-likeness (QED) is 0.675. The second kappa shape index (κ2) is 6.12. The van der Waals surface area contributed by atoms with Crippen molar-refractivity contribution in [2.75, 3.05) is 25.1 Å². The van der Waals surface area contributed by atoms with E-state index in [4.69, 9.17) is 10.5 Å². The van der Waals surface area contributed by atoms with E-state index < -0.39 is 0 Å². The first-order valence-corrected chi connectivity index (χ1v) is 4.45. The second-order valence-corrected chi connectivity index (χ2v) is 2.76. The van der Waals surface area contributed by atoms with Crippen molar-refractivity contribution in [3.63, 3.8) is 0 Å². The van der Waals surface area contributed by atoms with E-state index in [9.17, 15) is 4.79 Å². The second-order valence-electron chi connectivity index (χ2n) is 2.76. The van der Waals surface area contributed by atoms with Crippen LogP contribution < -0.4 is 11.1 Å². The van der Waals surface area contributed by atoms with Crippen LogP contribution in [0.25, 0.3) is 0 Å². The molecule has 0 fully saturated rings. The topological polar surface area (TPSA) is 64.3 Å². The molecule has 0 saturated heterocycles. The summed E-state index contributed by atoms with van der Waals surface area (Å²) in [6.07, 6.45) is 0. The molecule has 0 atom stereocenters. The summed E-state index contributed by atoms with van der Waals surface area (Å²) < 4.78 is 4.98. The number of carbonyl (C=O) groups is 1. The van der Waals surface area contributed by atoms with E-state index in [0.29, 0.717) is 13.2 Å². The van der Waals surface area contributed by atoms with Gasteiger partial charge in [-0.3, -0.25) is 4.79 Å². The van der Waals surface area contributed by atoms with Gasteiger partial charge < -0.3 is 15.8 Å². The van der Waals surface area contributed by atoms with Crippen LogP contribution >= 0.6 is 0 Å². The zero-order chi connectivity index (χ0) is 10.2. The lowest BCUT2D eigenvalue weighted by molar-refractivity contribution is -0.120. The third-order valence-electron chi connectivity index (χ3n) is 1.55. The fourth-order valence-corrected chi connectivity index (χ4v) is 0.967. The van der Waals surface area contributed by atoms with Gasteiger partial charge in [0.1, 0.15) is 6.61 Å². The van der Waals surface area contributed by atoms with Gasteiger partial charge in [0.05, 0.1) is 6.61 Å². The molecule has 1 aromatic rings. The van der Waals surface area contributed by atoms with E-state index in [2.05, 4.69) is 5.32 Å². The number of hydrogen-bond acceptors (Lipinski definition) is 3. The van der Waals surface area contributed by atoms with Crippen LogP contribution in [0.4, 0.5) is 5.69 Å². The maximum absolute atomic E-state index is 11.2. The number of rotatable bonds is 5. The van der Waals surface area contributed by atoms with Gasteiger partial charge in [-0.1, -0.05) is 18.2 Å². The van der Waals surface area contributed by atoms with Gasteiger partial charge in [-0.2, -0.15) is 0 Å². The number of nitrogens with one attached hydrogen (secondary N) is 1. The molecule has 0 heterocycles. The van der Waals surface area contributed by atoms with Crippen LogP contribution in [0, 0.1) is 0 Å². The Morgan fingerprint density at radius 1 is 1.36 bits per heavy atom. The van der Waals surface area contributed by atoms with Crippen LogP contribution in [0.1, 0.15) is 0 Å². The largest absolute Gasteiger partial charge is 0.370 e. The van der Waals surface area contributed by atoms with Gasteiger partial charge in [0.15, 0.2) is 0 Å². The number of nitrogens with two attached hydrogens (primary N) is 1. The number of ether oxygens (including phenoxy) is 1. The summed E-state index contributed by atoms with van der Waals surface area (Å²) in [5.74, 6) is -0.162. The summed E-state index contributed by atoms with van der Waals surface area (Å²) in [6.45, 7) is 0.882. The maximum Gasteiger partial charge on any atom is 0.250 e. The predicted octanol–water partition coefficient (Wildman–Crippen LogP) is 0.600. The molecule has 0 spiro atoms. The van der Waals surface area contributed by atoms with E-state index in [-0.39, 0.29) is 12.5 Å². The highest BCUT2D eigenvalue weighted by molar-refractivity contribution is 5.91. The molecule has 3 N–H and O–H groups in total. The van der Waals surface area contributed by atoms with Gasteiger partial charge in [0.25, 0.3) is 0 Å². The van der Waals surface area contributed by atoms with Gasteiger partial charge >= 0.3 is 0 Å². The zero-order valence-corrected chi connectivity index (χ0v) is 7.90. The normalized spacial score (nSPS) is 9.79. The molecule has 1 aromatic carbocycles. The molecule has 0 aliphatic rings. The SMILES string of the molecule is NCCOCC(=O)Nc1ccccc1. The first-order valence-electron chi connectivity index (χ1n) is 4.45. The molecule has 0 unspecified atom stereocenters. The van der Waals surface area contributed by atoms with Gasteiger partial charge in [0.2, 0.25) is 5.91 Å². The minimum atomic E-state index is -0.162. The number of anilines is 1. The fraction of sp³-hybridized carbons (Fsp3) is 0.300. The van der Waals surface area contributed by atoms with E-state index in [1.54, 1.807) is 0 Å². The van der Waals surface area contributed by atoms with Crippen LogP contribution in [0.2, 0.25) is 0 Å². The zero-order valence-electron chi connectivity index (χ0n) is 7.90. The average molecular weight is 194 g/mol. The lowest BCUT2D eigenvalue weighted by Crippen LogP contribution is -2.20. The van der Waals surface area contributed by atoms with Crippen molar-refractivity contribution in [3.8, 4) is 0 Å². The first-order chi connectivity index (χ1) is 6.83. The van der Waals surface area contributed by atoms with Crippen LogP contribution in [0.3, 0.4) is 0 Å². The van der Waals surface area contributed by atoms with Crippen LogP contribution in [0.15, 0.2) is 30.3 Å². The van der Waals surface area contributed by atoms with Gasteiger partial charge in [0, 0.05) is 12.2 Å². The molecule has 1 amide bonds. The number of carbonyl (C=O) groups excluding carboxylic acids is 1. The van der Waals surface area contributed by atoms with Crippen LogP contribution in [0.5, 0.6) is 0 Å². The summed E-state index contributed by atoms with van der Waals surface area (Å²) in [7, 11) is 0. The Morgan fingerprint density at radius 2 is 2.07 bits per heavy atom. The van der Waals surface area contributed by atoms with Gasteiger partial charge in [-0.25, -0.2) is 0 Å².